The minimum atomic E-state index is 0.906. The number of imidazole rings is 2. The summed E-state index contributed by atoms with van der Waals surface area (Å²) in [5.41, 5.74) is 9.08. The minimum Gasteiger partial charge on any atom is -0.299 e. The Labute approximate surface area is 170 Å². The van der Waals surface area contributed by atoms with Crippen LogP contribution in [0, 0.1) is 20.8 Å². The van der Waals surface area contributed by atoms with Crippen LogP contribution in [-0.2, 0) is 0 Å². The van der Waals surface area contributed by atoms with E-state index in [4.69, 9.17) is 9.97 Å². The molecule has 0 aliphatic rings. The third kappa shape index (κ3) is 2.85. The Morgan fingerprint density at radius 3 is 2.28 bits per heavy atom. The van der Waals surface area contributed by atoms with Crippen LogP contribution in [0.4, 0.5) is 0 Å². The SMILES string of the molecule is Cc1cc(C)c(-n2ccnc2-c2cccc3c2ncn3-c2ccccc2)c(C)c1. The summed E-state index contributed by atoms with van der Waals surface area (Å²) < 4.78 is 4.30. The third-order valence-electron chi connectivity index (χ3n) is 5.37. The highest BCUT2D eigenvalue weighted by atomic mass is 15.1. The van der Waals surface area contributed by atoms with Gasteiger partial charge in [0.05, 0.1) is 16.7 Å². The Balaban J connectivity index is 1.72. The van der Waals surface area contributed by atoms with E-state index in [1.807, 2.05) is 36.9 Å². The Morgan fingerprint density at radius 2 is 1.52 bits per heavy atom. The maximum atomic E-state index is 4.75. The van der Waals surface area contributed by atoms with Gasteiger partial charge in [-0.1, -0.05) is 42.0 Å². The van der Waals surface area contributed by atoms with E-state index in [-0.39, 0.29) is 0 Å². The van der Waals surface area contributed by atoms with Gasteiger partial charge >= 0.3 is 0 Å². The lowest BCUT2D eigenvalue weighted by Crippen LogP contribution is -2.02. The molecule has 0 radical (unpaired) electrons. The quantitative estimate of drug-likeness (QED) is 0.397. The van der Waals surface area contributed by atoms with Crippen molar-refractivity contribution >= 4 is 11.0 Å². The van der Waals surface area contributed by atoms with Crippen LogP contribution in [0.15, 0.2) is 79.4 Å². The summed E-state index contributed by atoms with van der Waals surface area (Å²) >= 11 is 0. The van der Waals surface area contributed by atoms with E-state index in [0.29, 0.717) is 0 Å². The van der Waals surface area contributed by atoms with Gasteiger partial charge in [-0.05, 0) is 56.2 Å². The Bertz CT molecular complexity index is 1300. The van der Waals surface area contributed by atoms with Gasteiger partial charge in [-0.25, -0.2) is 9.97 Å². The van der Waals surface area contributed by atoms with Crippen LogP contribution in [-0.4, -0.2) is 19.1 Å². The molecule has 2 heterocycles. The van der Waals surface area contributed by atoms with Crippen molar-refractivity contribution in [2.75, 3.05) is 0 Å². The monoisotopic (exact) mass is 378 g/mol. The Morgan fingerprint density at radius 1 is 0.759 bits per heavy atom. The van der Waals surface area contributed by atoms with Gasteiger partial charge < -0.3 is 0 Å². The molecule has 2 aromatic heterocycles. The number of benzene rings is 3. The van der Waals surface area contributed by atoms with Gasteiger partial charge in [0.15, 0.2) is 0 Å². The molecule has 142 valence electrons. The van der Waals surface area contributed by atoms with Crippen molar-refractivity contribution in [2.24, 2.45) is 0 Å². The van der Waals surface area contributed by atoms with Crippen molar-refractivity contribution in [3.05, 3.63) is 96.1 Å². The molecule has 3 aromatic carbocycles. The molecule has 0 bridgehead atoms. The molecule has 0 saturated carbocycles. The fourth-order valence-electron chi connectivity index (χ4n) is 4.25. The molecule has 0 atom stereocenters. The summed E-state index contributed by atoms with van der Waals surface area (Å²) in [5, 5.41) is 0. The number of hydrogen-bond acceptors (Lipinski definition) is 2. The van der Waals surface area contributed by atoms with Crippen molar-refractivity contribution in [3.8, 4) is 22.8 Å². The van der Waals surface area contributed by atoms with E-state index < -0.39 is 0 Å². The summed E-state index contributed by atoms with van der Waals surface area (Å²) in [5.74, 6) is 0.906. The lowest BCUT2D eigenvalue weighted by molar-refractivity contribution is 1.03. The number of aromatic nitrogens is 4. The van der Waals surface area contributed by atoms with Crippen LogP contribution < -0.4 is 0 Å². The summed E-state index contributed by atoms with van der Waals surface area (Å²) in [6, 6.07) is 21.0. The molecular formula is C25H22N4. The lowest BCUT2D eigenvalue weighted by Gasteiger charge is -2.15. The average molecular weight is 378 g/mol. The number of nitrogens with zero attached hydrogens (tertiary/aromatic N) is 4. The van der Waals surface area contributed by atoms with Crippen molar-refractivity contribution in [1.29, 1.82) is 0 Å². The fourth-order valence-corrected chi connectivity index (χ4v) is 4.25. The predicted molar refractivity (Wildman–Crippen MR) is 118 cm³/mol. The first-order chi connectivity index (χ1) is 14.1. The molecule has 0 aliphatic heterocycles. The highest BCUT2D eigenvalue weighted by Gasteiger charge is 2.17. The molecule has 0 N–H and O–H groups in total. The zero-order chi connectivity index (χ0) is 20.0. The highest BCUT2D eigenvalue weighted by molar-refractivity contribution is 5.91. The molecule has 4 nitrogen and oxygen atoms in total. The van der Waals surface area contributed by atoms with Gasteiger partial charge in [-0.2, -0.15) is 0 Å². The fraction of sp³-hybridized carbons (Fsp3) is 0.120. The summed E-state index contributed by atoms with van der Waals surface area (Å²) in [6.07, 6.45) is 5.78. The molecule has 29 heavy (non-hydrogen) atoms. The molecule has 0 unspecified atom stereocenters. The topological polar surface area (TPSA) is 35.6 Å². The second-order valence-electron chi connectivity index (χ2n) is 7.49. The summed E-state index contributed by atoms with van der Waals surface area (Å²) in [7, 11) is 0. The maximum absolute atomic E-state index is 4.75. The Hall–Kier alpha value is -3.66. The standard InChI is InChI=1S/C25H22N4/c1-17-14-18(2)24(19(3)15-17)28-13-12-26-25(28)21-10-7-11-22-23(21)27-16-29(22)20-8-5-4-6-9-20/h4-16H,1-3H3. The van der Waals surface area contributed by atoms with Gasteiger partial charge in [0.1, 0.15) is 12.2 Å². The number of hydrogen-bond donors (Lipinski definition) is 0. The second-order valence-corrected chi connectivity index (χ2v) is 7.49. The van der Waals surface area contributed by atoms with Gasteiger partial charge in [0.25, 0.3) is 0 Å². The second kappa shape index (κ2) is 6.74. The van der Waals surface area contributed by atoms with Gasteiger partial charge in [-0.15, -0.1) is 0 Å². The minimum absolute atomic E-state index is 0.906. The third-order valence-corrected chi connectivity index (χ3v) is 5.37. The first kappa shape index (κ1) is 17.4. The molecule has 4 heteroatoms. The van der Waals surface area contributed by atoms with Gasteiger partial charge in [0, 0.05) is 23.6 Å². The van der Waals surface area contributed by atoms with Gasteiger partial charge in [-0.3, -0.25) is 9.13 Å². The van der Waals surface area contributed by atoms with Crippen LogP contribution in [0.5, 0.6) is 0 Å². The lowest BCUT2D eigenvalue weighted by atomic mass is 10.0. The number of aryl methyl sites for hydroxylation is 3. The summed E-state index contributed by atoms with van der Waals surface area (Å²) in [6.45, 7) is 6.45. The smallest absolute Gasteiger partial charge is 0.146 e. The van der Waals surface area contributed by atoms with Crippen LogP contribution >= 0.6 is 0 Å². The zero-order valence-electron chi connectivity index (χ0n) is 16.8. The molecule has 5 rings (SSSR count). The highest BCUT2D eigenvalue weighted by Crippen LogP contribution is 2.31. The van der Waals surface area contributed by atoms with Crippen LogP contribution in [0.25, 0.3) is 33.8 Å². The maximum Gasteiger partial charge on any atom is 0.146 e. The Kier molecular flexibility index (Phi) is 4.06. The predicted octanol–water partition coefficient (Wildman–Crippen LogP) is 5.80. The zero-order valence-corrected chi connectivity index (χ0v) is 16.8. The molecular weight excluding hydrogens is 356 g/mol. The van der Waals surface area contributed by atoms with Crippen molar-refractivity contribution in [3.63, 3.8) is 0 Å². The average Bonchev–Trinajstić information content (AvgIpc) is 3.35. The molecule has 0 saturated heterocycles. The van der Waals surface area contributed by atoms with Crippen LogP contribution in [0.1, 0.15) is 16.7 Å². The number of fused-ring (bicyclic) bond motifs is 1. The largest absolute Gasteiger partial charge is 0.299 e. The van der Waals surface area contributed by atoms with E-state index in [0.717, 1.165) is 28.1 Å². The molecule has 0 aliphatic carbocycles. The van der Waals surface area contributed by atoms with E-state index in [2.05, 4.69) is 72.4 Å². The molecule has 0 fully saturated rings. The van der Waals surface area contributed by atoms with Crippen molar-refractivity contribution < 1.29 is 0 Å². The number of para-hydroxylation sites is 2. The van der Waals surface area contributed by atoms with Crippen molar-refractivity contribution in [1.82, 2.24) is 19.1 Å². The van der Waals surface area contributed by atoms with E-state index in [1.54, 1.807) is 0 Å². The van der Waals surface area contributed by atoms with E-state index >= 15 is 0 Å². The summed E-state index contributed by atoms with van der Waals surface area (Å²) in [4.78, 5) is 9.47. The first-order valence-electron chi connectivity index (χ1n) is 9.77. The first-order valence-corrected chi connectivity index (χ1v) is 9.77. The molecule has 5 aromatic rings. The van der Waals surface area contributed by atoms with E-state index in [9.17, 15) is 0 Å². The van der Waals surface area contributed by atoms with Crippen molar-refractivity contribution in [2.45, 2.75) is 20.8 Å². The molecule has 0 amide bonds. The van der Waals surface area contributed by atoms with E-state index in [1.165, 1.54) is 22.4 Å². The number of rotatable bonds is 3. The normalized spacial score (nSPS) is 11.3. The van der Waals surface area contributed by atoms with Crippen LogP contribution in [0.3, 0.4) is 0 Å². The van der Waals surface area contributed by atoms with Crippen LogP contribution in [0.2, 0.25) is 0 Å². The van der Waals surface area contributed by atoms with Gasteiger partial charge in [0.2, 0.25) is 0 Å². The molecule has 0 spiro atoms.